The van der Waals surface area contributed by atoms with Crippen molar-refractivity contribution in [1.29, 1.82) is 0 Å². The van der Waals surface area contributed by atoms with E-state index < -0.39 is 0 Å². The first-order chi connectivity index (χ1) is 8.63. The summed E-state index contributed by atoms with van der Waals surface area (Å²) in [6, 6.07) is 7.56. The van der Waals surface area contributed by atoms with Gasteiger partial charge in [0.05, 0.1) is 12.7 Å². The Labute approximate surface area is 108 Å². The molecule has 0 aliphatic carbocycles. The van der Waals surface area contributed by atoms with Gasteiger partial charge in [-0.05, 0) is 19.4 Å². The maximum atomic E-state index is 8.54. The monoisotopic (exact) mass is 251 g/mol. The lowest BCUT2D eigenvalue weighted by Gasteiger charge is -2.08. The molecule has 5 nitrogen and oxygen atoms in total. The lowest BCUT2D eigenvalue weighted by atomic mass is 10.1. The summed E-state index contributed by atoms with van der Waals surface area (Å²) in [5, 5.41) is 14.8. The van der Waals surface area contributed by atoms with E-state index in [1.165, 1.54) is 0 Å². The smallest absolute Gasteiger partial charge is 0.170 e. The van der Waals surface area contributed by atoms with E-state index in [9.17, 15) is 0 Å². The molecule has 0 heterocycles. The summed E-state index contributed by atoms with van der Waals surface area (Å²) in [7, 11) is 0. The van der Waals surface area contributed by atoms with Crippen molar-refractivity contribution in [3.8, 4) is 0 Å². The molecule has 0 aliphatic heterocycles. The SMILES string of the molecule is CC(C)OCCNCc1ccc(/C(N)=N/O)cc1. The molecule has 4 N–H and O–H groups in total. The van der Waals surface area contributed by atoms with E-state index >= 15 is 0 Å². The molecule has 0 fully saturated rings. The minimum Gasteiger partial charge on any atom is -0.409 e. The fourth-order valence-corrected chi connectivity index (χ4v) is 1.45. The Kier molecular flexibility index (Phi) is 6.18. The van der Waals surface area contributed by atoms with Crippen molar-refractivity contribution in [3.05, 3.63) is 35.4 Å². The zero-order valence-electron chi connectivity index (χ0n) is 10.9. The maximum absolute atomic E-state index is 8.54. The van der Waals surface area contributed by atoms with E-state index in [-0.39, 0.29) is 11.9 Å². The third-order valence-corrected chi connectivity index (χ3v) is 2.42. The molecule has 1 aromatic carbocycles. The minimum atomic E-state index is 0.125. The highest BCUT2D eigenvalue weighted by molar-refractivity contribution is 5.96. The Morgan fingerprint density at radius 2 is 2.06 bits per heavy atom. The van der Waals surface area contributed by atoms with Gasteiger partial charge in [0, 0.05) is 18.7 Å². The molecular formula is C13H21N3O2. The van der Waals surface area contributed by atoms with Crippen LogP contribution in [0.15, 0.2) is 29.4 Å². The third kappa shape index (κ3) is 5.16. The molecule has 0 unspecified atom stereocenters. The van der Waals surface area contributed by atoms with Gasteiger partial charge in [-0.3, -0.25) is 0 Å². The first-order valence-electron chi connectivity index (χ1n) is 6.02. The number of nitrogens with one attached hydrogen (secondary N) is 1. The van der Waals surface area contributed by atoms with Crippen LogP contribution in [-0.2, 0) is 11.3 Å². The number of oxime groups is 1. The molecule has 1 aromatic rings. The summed E-state index contributed by atoms with van der Waals surface area (Å²) in [4.78, 5) is 0. The van der Waals surface area contributed by atoms with Crippen molar-refractivity contribution in [1.82, 2.24) is 5.32 Å². The third-order valence-electron chi connectivity index (χ3n) is 2.42. The summed E-state index contributed by atoms with van der Waals surface area (Å²) in [5.74, 6) is 0.125. The number of hydrogen-bond donors (Lipinski definition) is 3. The molecule has 0 radical (unpaired) electrons. The summed E-state index contributed by atoms with van der Waals surface area (Å²) in [6.45, 7) is 6.34. The molecule has 18 heavy (non-hydrogen) atoms. The standard InChI is InChI=1S/C13H21N3O2/c1-10(2)18-8-7-15-9-11-3-5-12(6-4-11)13(14)16-17/h3-6,10,15,17H,7-9H2,1-2H3,(H2,14,16). The minimum absolute atomic E-state index is 0.125. The lowest BCUT2D eigenvalue weighted by molar-refractivity contribution is 0.0807. The van der Waals surface area contributed by atoms with Crippen molar-refractivity contribution >= 4 is 5.84 Å². The van der Waals surface area contributed by atoms with E-state index in [4.69, 9.17) is 15.7 Å². The van der Waals surface area contributed by atoms with Crippen LogP contribution in [0.2, 0.25) is 0 Å². The van der Waals surface area contributed by atoms with Gasteiger partial charge in [0.15, 0.2) is 5.84 Å². The Hall–Kier alpha value is -1.59. The molecule has 5 heteroatoms. The van der Waals surface area contributed by atoms with E-state index in [0.717, 1.165) is 18.7 Å². The van der Waals surface area contributed by atoms with E-state index in [2.05, 4.69) is 10.5 Å². The van der Waals surface area contributed by atoms with Gasteiger partial charge in [-0.2, -0.15) is 0 Å². The van der Waals surface area contributed by atoms with E-state index in [1.54, 1.807) is 0 Å². The first-order valence-corrected chi connectivity index (χ1v) is 6.02. The largest absolute Gasteiger partial charge is 0.409 e. The highest BCUT2D eigenvalue weighted by Crippen LogP contribution is 2.03. The quantitative estimate of drug-likeness (QED) is 0.224. The average Bonchev–Trinajstić information content (AvgIpc) is 2.38. The van der Waals surface area contributed by atoms with Crippen LogP contribution in [0.3, 0.4) is 0 Å². The lowest BCUT2D eigenvalue weighted by Crippen LogP contribution is -2.21. The molecule has 0 bridgehead atoms. The molecule has 0 spiro atoms. The number of rotatable bonds is 7. The summed E-state index contributed by atoms with van der Waals surface area (Å²) >= 11 is 0. The molecule has 0 atom stereocenters. The Balaban J connectivity index is 2.31. The highest BCUT2D eigenvalue weighted by Gasteiger charge is 1.99. The van der Waals surface area contributed by atoms with Gasteiger partial charge in [-0.15, -0.1) is 0 Å². The molecule has 0 aliphatic rings. The highest BCUT2D eigenvalue weighted by atomic mass is 16.5. The molecular weight excluding hydrogens is 230 g/mol. The van der Waals surface area contributed by atoms with Crippen molar-refractivity contribution in [3.63, 3.8) is 0 Å². The van der Waals surface area contributed by atoms with Crippen LogP contribution in [0.4, 0.5) is 0 Å². The molecule has 0 saturated carbocycles. The van der Waals surface area contributed by atoms with E-state index in [1.807, 2.05) is 38.1 Å². The van der Waals surface area contributed by atoms with Crippen LogP contribution in [-0.4, -0.2) is 30.3 Å². The number of nitrogens with two attached hydrogens (primary N) is 1. The van der Waals surface area contributed by atoms with Gasteiger partial charge in [0.1, 0.15) is 0 Å². The number of hydrogen-bond acceptors (Lipinski definition) is 4. The second-order valence-electron chi connectivity index (χ2n) is 4.28. The van der Waals surface area contributed by atoms with Gasteiger partial charge in [0.25, 0.3) is 0 Å². The van der Waals surface area contributed by atoms with Crippen LogP contribution in [0, 0.1) is 0 Å². The van der Waals surface area contributed by atoms with Gasteiger partial charge in [0.2, 0.25) is 0 Å². The zero-order chi connectivity index (χ0) is 13.4. The maximum Gasteiger partial charge on any atom is 0.170 e. The Bertz CT molecular complexity index is 374. The van der Waals surface area contributed by atoms with Crippen LogP contribution in [0.1, 0.15) is 25.0 Å². The van der Waals surface area contributed by atoms with Gasteiger partial charge in [-0.25, -0.2) is 0 Å². The predicted molar refractivity (Wildman–Crippen MR) is 71.7 cm³/mol. The number of amidine groups is 1. The van der Waals surface area contributed by atoms with Gasteiger partial charge >= 0.3 is 0 Å². The van der Waals surface area contributed by atoms with Crippen LogP contribution in [0.25, 0.3) is 0 Å². The van der Waals surface area contributed by atoms with Crippen LogP contribution >= 0.6 is 0 Å². The number of ether oxygens (including phenoxy) is 1. The topological polar surface area (TPSA) is 79.9 Å². The summed E-state index contributed by atoms with van der Waals surface area (Å²) in [5.41, 5.74) is 7.34. The predicted octanol–water partition coefficient (Wildman–Crippen LogP) is 1.30. The summed E-state index contributed by atoms with van der Waals surface area (Å²) in [6.07, 6.45) is 0.270. The first kappa shape index (κ1) is 14.5. The molecule has 100 valence electrons. The Morgan fingerprint density at radius 3 is 2.61 bits per heavy atom. The normalized spacial score (nSPS) is 12.1. The van der Waals surface area contributed by atoms with Crippen molar-refractivity contribution in [2.45, 2.75) is 26.5 Å². The van der Waals surface area contributed by atoms with Crippen molar-refractivity contribution in [2.24, 2.45) is 10.9 Å². The molecule has 0 saturated heterocycles. The molecule has 0 aromatic heterocycles. The molecule has 1 rings (SSSR count). The second-order valence-corrected chi connectivity index (χ2v) is 4.28. The Morgan fingerprint density at radius 1 is 1.39 bits per heavy atom. The van der Waals surface area contributed by atoms with Gasteiger partial charge < -0.3 is 21.0 Å². The number of nitrogens with zero attached hydrogens (tertiary/aromatic N) is 1. The fourth-order valence-electron chi connectivity index (χ4n) is 1.45. The zero-order valence-corrected chi connectivity index (χ0v) is 10.9. The van der Waals surface area contributed by atoms with Crippen molar-refractivity contribution < 1.29 is 9.94 Å². The van der Waals surface area contributed by atoms with Gasteiger partial charge in [-0.1, -0.05) is 29.4 Å². The van der Waals surface area contributed by atoms with E-state index in [0.29, 0.717) is 12.2 Å². The van der Waals surface area contributed by atoms with Crippen molar-refractivity contribution in [2.75, 3.05) is 13.2 Å². The summed E-state index contributed by atoms with van der Waals surface area (Å²) < 4.78 is 5.42. The van der Waals surface area contributed by atoms with Crippen LogP contribution in [0.5, 0.6) is 0 Å². The fraction of sp³-hybridized carbons (Fsp3) is 0.462. The van der Waals surface area contributed by atoms with Crippen LogP contribution < -0.4 is 11.1 Å². The average molecular weight is 251 g/mol. The molecule has 0 amide bonds. The number of benzene rings is 1. The second kappa shape index (κ2) is 7.68.